The summed E-state index contributed by atoms with van der Waals surface area (Å²) in [6, 6.07) is 13.4. The molecule has 0 radical (unpaired) electrons. The van der Waals surface area contributed by atoms with E-state index in [0.717, 1.165) is 24.2 Å². The second-order valence-corrected chi connectivity index (χ2v) is 5.03. The van der Waals surface area contributed by atoms with E-state index in [1.54, 1.807) is 12.1 Å². The van der Waals surface area contributed by atoms with Gasteiger partial charge < -0.3 is 10.0 Å². The second kappa shape index (κ2) is 7.46. The Bertz CT molecular complexity index is 656. The molecule has 0 aliphatic rings. The van der Waals surface area contributed by atoms with Gasteiger partial charge in [0.1, 0.15) is 5.75 Å². The van der Waals surface area contributed by atoms with Crippen molar-refractivity contribution in [1.82, 2.24) is 0 Å². The molecule has 0 spiro atoms. The second-order valence-electron chi connectivity index (χ2n) is 5.03. The molecule has 0 unspecified atom stereocenters. The van der Waals surface area contributed by atoms with Gasteiger partial charge >= 0.3 is 0 Å². The lowest BCUT2D eigenvalue weighted by molar-refractivity contribution is 0.112. The number of phenolic OH excluding ortho intramolecular Hbond substituents is 1. The van der Waals surface area contributed by atoms with Crippen LogP contribution in [0.25, 0.3) is 12.2 Å². The van der Waals surface area contributed by atoms with E-state index in [-0.39, 0.29) is 5.75 Å². The molecule has 0 saturated heterocycles. The number of nitrogens with zero attached hydrogens (tertiary/aromatic N) is 1. The van der Waals surface area contributed by atoms with Gasteiger partial charge in [-0.05, 0) is 49.2 Å². The van der Waals surface area contributed by atoms with Gasteiger partial charge in [-0.25, -0.2) is 0 Å². The largest absolute Gasteiger partial charge is 0.507 e. The Hall–Kier alpha value is -2.55. The van der Waals surface area contributed by atoms with Crippen molar-refractivity contribution in [2.24, 2.45) is 0 Å². The fourth-order valence-electron chi connectivity index (χ4n) is 2.35. The summed E-state index contributed by atoms with van der Waals surface area (Å²) in [5, 5.41) is 9.49. The normalized spacial score (nSPS) is 10.8. The van der Waals surface area contributed by atoms with E-state index in [1.165, 1.54) is 11.8 Å². The summed E-state index contributed by atoms with van der Waals surface area (Å²) in [5.74, 6) is 0.00993. The molecular formula is C19H21NO2. The van der Waals surface area contributed by atoms with E-state index in [1.807, 2.05) is 12.2 Å². The molecular weight excluding hydrogens is 274 g/mol. The van der Waals surface area contributed by atoms with Crippen LogP contribution >= 0.6 is 0 Å². The minimum absolute atomic E-state index is 0.00993. The van der Waals surface area contributed by atoms with Gasteiger partial charge in [0.2, 0.25) is 0 Å². The zero-order chi connectivity index (χ0) is 15.9. The number of rotatable bonds is 6. The first-order valence-corrected chi connectivity index (χ1v) is 7.49. The zero-order valence-corrected chi connectivity index (χ0v) is 13.0. The first-order valence-electron chi connectivity index (χ1n) is 7.49. The lowest BCUT2D eigenvalue weighted by Gasteiger charge is -2.20. The Morgan fingerprint density at radius 2 is 1.55 bits per heavy atom. The number of phenols is 1. The SMILES string of the molecule is CCN(CC)c1ccc(/C=C/c2ccc(O)c(C=O)c2)cc1. The van der Waals surface area contributed by atoms with Crippen molar-refractivity contribution < 1.29 is 9.90 Å². The zero-order valence-electron chi connectivity index (χ0n) is 13.0. The molecule has 0 aliphatic carbocycles. The van der Waals surface area contributed by atoms with E-state index in [2.05, 4.69) is 43.0 Å². The number of aromatic hydroxyl groups is 1. The van der Waals surface area contributed by atoms with Crippen molar-refractivity contribution in [2.45, 2.75) is 13.8 Å². The van der Waals surface area contributed by atoms with Crippen LogP contribution in [0, 0.1) is 0 Å². The standard InChI is InChI=1S/C19H21NO2/c1-3-20(4-2)18-10-7-15(8-11-18)5-6-16-9-12-19(22)17(13-16)14-21/h5-14,22H,3-4H2,1-2H3/b6-5+. The molecule has 2 aromatic carbocycles. The molecule has 0 heterocycles. The minimum Gasteiger partial charge on any atom is -0.507 e. The van der Waals surface area contributed by atoms with Gasteiger partial charge in [-0.3, -0.25) is 4.79 Å². The van der Waals surface area contributed by atoms with Crippen molar-refractivity contribution in [3.05, 3.63) is 59.2 Å². The average Bonchev–Trinajstić information content (AvgIpc) is 2.56. The molecule has 2 rings (SSSR count). The van der Waals surface area contributed by atoms with Crippen LogP contribution in [0.4, 0.5) is 5.69 Å². The van der Waals surface area contributed by atoms with E-state index in [9.17, 15) is 9.90 Å². The van der Waals surface area contributed by atoms with Gasteiger partial charge in [-0.2, -0.15) is 0 Å². The number of benzene rings is 2. The molecule has 0 amide bonds. The van der Waals surface area contributed by atoms with Gasteiger partial charge in [-0.1, -0.05) is 30.4 Å². The van der Waals surface area contributed by atoms with Crippen LogP contribution in [0.15, 0.2) is 42.5 Å². The highest BCUT2D eigenvalue weighted by atomic mass is 16.3. The lowest BCUT2D eigenvalue weighted by atomic mass is 10.1. The molecule has 1 N–H and O–H groups in total. The Labute approximate surface area is 131 Å². The van der Waals surface area contributed by atoms with Crippen LogP contribution in [-0.4, -0.2) is 24.5 Å². The predicted molar refractivity (Wildman–Crippen MR) is 92.4 cm³/mol. The summed E-state index contributed by atoms with van der Waals surface area (Å²) in [5.41, 5.74) is 3.50. The molecule has 0 saturated carbocycles. The summed E-state index contributed by atoms with van der Waals surface area (Å²) in [6.07, 6.45) is 4.58. The van der Waals surface area contributed by atoms with Gasteiger partial charge in [0, 0.05) is 18.8 Å². The van der Waals surface area contributed by atoms with Crippen molar-refractivity contribution in [1.29, 1.82) is 0 Å². The van der Waals surface area contributed by atoms with Crippen LogP contribution in [0.2, 0.25) is 0 Å². The number of aldehydes is 1. The van der Waals surface area contributed by atoms with Crippen molar-refractivity contribution in [3.63, 3.8) is 0 Å². The fourth-order valence-corrected chi connectivity index (χ4v) is 2.35. The third kappa shape index (κ3) is 3.76. The minimum atomic E-state index is 0.00993. The van der Waals surface area contributed by atoms with Crippen LogP contribution in [0.5, 0.6) is 5.75 Å². The Balaban J connectivity index is 2.15. The fraction of sp³-hybridized carbons (Fsp3) is 0.211. The number of carbonyl (C=O) groups excluding carboxylic acids is 1. The van der Waals surface area contributed by atoms with Gasteiger partial charge in [0.25, 0.3) is 0 Å². The molecule has 114 valence electrons. The molecule has 3 nitrogen and oxygen atoms in total. The van der Waals surface area contributed by atoms with Crippen LogP contribution < -0.4 is 4.90 Å². The highest BCUT2D eigenvalue weighted by molar-refractivity contribution is 5.82. The maximum atomic E-state index is 10.8. The van der Waals surface area contributed by atoms with Gasteiger partial charge in [-0.15, -0.1) is 0 Å². The quantitative estimate of drug-likeness (QED) is 0.640. The monoisotopic (exact) mass is 295 g/mol. The number of anilines is 1. The first-order chi connectivity index (χ1) is 10.7. The van der Waals surface area contributed by atoms with Crippen LogP contribution in [0.1, 0.15) is 35.3 Å². The smallest absolute Gasteiger partial charge is 0.153 e. The number of hydrogen-bond donors (Lipinski definition) is 1. The molecule has 0 atom stereocenters. The Morgan fingerprint density at radius 1 is 0.955 bits per heavy atom. The van der Waals surface area contributed by atoms with Crippen molar-refractivity contribution in [2.75, 3.05) is 18.0 Å². The highest BCUT2D eigenvalue weighted by Crippen LogP contribution is 2.19. The van der Waals surface area contributed by atoms with Gasteiger partial charge in [0.05, 0.1) is 5.56 Å². The molecule has 0 aliphatic heterocycles. The Kier molecular flexibility index (Phi) is 5.37. The molecule has 2 aromatic rings. The molecule has 22 heavy (non-hydrogen) atoms. The van der Waals surface area contributed by atoms with E-state index < -0.39 is 0 Å². The summed E-state index contributed by atoms with van der Waals surface area (Å²) in [7, 11) is 0. The summed E-state index contributed by atoms with van der Waals surface area (Å²) in [6.45, 7) is 6.28. The van der Waals surface area contributed by atoms with Gasteiger partial charge in [0.15, 0.2) is 6.29 Å². The molecule has 0 fully saturated rings. The predicted octanol–water partition coefficient (Wildman–Crippen LogP) is 4.22. The molecule has 0 aromatic heterocycles. The van der Waals surface area contributed by atoms with Crippen molar-refractivity contribution in [3.8, 4) is 5.75 Å². The maximum absolute atomic E-state index is 10.8. The molecule has 3 heteroatoms. The average molecular weight is 295 g/mol. The van der Waals surface area contributed by atoms with Crippen LogP contribution in [-0.2, 0) is 0 Å². The number of carbonyl (C=O) groups is 1. The molecule has 0 bridgehead atoms. The number of hydrogen-bond acceptors (Lipinski definition) is 3. The Morgan fingerprint density at radius 3 is 2.14 bits per heavy atom. The van der Waals surface area contributed by atoms with Crippen molar-refractivity contribution >= 4 is 24.1 Å². The summed E-state index contributed by atoms with van der Waals surface area (Å²) in [4.78, 5) is 13.1. The lowest BCUT2D eigenvalue weighted by Crippen LogP contribution is -2.21. The summed E-state index contributed by atoms with van der Waals surface area (Å²) >= 11 is 0. The third-order valence-corrected chi connectivity index (χ3v) is 3.67. The van der Waals surface area contributed by atoms with E-state index in [0.29, 0.717) is 11.8 Å². The summed E-state index contributed by atoms with van der Waals surface area (Å²) < 4.78 is 0. The maximum Gasteiger partial charge on any atom is 0.153 e. The van der Waals surface area contributed by atoms with E-state index >= 15 is 0 Å². The third-order valence-electron chi connectivity index (χ3n) is 3.67. The van der Waals surface area contributed by atoms with E-state index in [4.69, 9.17) is 0 Å². The first kappa shape index (κ1) is 15.8. The topological polar surface area (TPSA) is 40.5 Å². The highest BCUT2D eigenvalue weighted by Gasteiger charge is 2.01. The van der Waals surface area contributed by atoms with Crippen LogP contribution in [0.3, 0.4) is 0 Å².